The van der Waals surface area contributed by atoms with E-state index in [9.17, 15) is 14.4 Å². The number of carbonyl (C=O) groups excluding carboxylic acids is 3. The van der Waals surface area contributed by atoms with Gasteiger partial charge in [0.25, 0.3) is 0 Å². The van der Waals surface area contributed by atoms with Crippen molar-refractivity contribution in [3.8, 4) is 11.5 Å². The third-order valence-corrected chi connectivity index (χ3v) is 2.36. The second kappa shape index (κ2) is 19.1. The van der Waals surface area contributed by atoms with Gasteiger partial charge < -0.3 is 14.2 Å². The fourth-order valence-corrected chi connectivity index (χ4v) is 1.15. The fourth-order valence-electron chi connectivity index (χ4n) is 1.15. The first kappa shape index (κ1) is 28.5. The zero-order chi connectivity index (χ0) is 19.0. The van der Waals surface area contributed by atoms with Gasteiger partial charge >= 0.3 is 17.9 Å². The van der Waals surface area contributed by atoms with E-state index in [1.807, 2.05) is 13.8 Å². The summed E-state index contributed by atoms with van der Waals surface area (Å²) in [5.41, 5.74) is 0. The van der Waals surface area contributed by atoms with Crippen molar-refractivity contribution in [2.24, 2.45) is 0 Å². The molecule has 0 spiro atoms. The fraction of sp³-hybridized carbons (Fsp3) is 0.500. The van der Waals surface area contributed by atoms with Crippen LogP contribution >= 0.6 is 0 Å². The molecule has 6 nitrogen and oxygen atoms in total. The Morgan fingerprint density at radius 2 is 1.16 bits per heavy atom. The SMILES string of the molecule is CC.CCC(=O)OC.CCC(=O)Oc1cccc(OC(=O)CC)c1.[Y]. The molecule has 0 aliphatic rings. The Balaban J connectivity index is -0.000000459. The summed E-state index contributed by atoms with van der Waals surface area (Å²) in [6, 6.07) is 6.45. The van der Waals surface area contributed by atoms with Crippen LogP contribution in [0.3, 0.4) is 0 Å². The Hall–Kier alpha value is -1.27. The Morgan fingerprint density at radius 3 is 1.40 bits per heavy atom. The van der Waals surface area contributed by atoms with Crippen LogP contribution in [0.4, 0.5) is 0 Å². The molecule has 0 aromatic heterocycles. The molecular formula is C18H28O6Y. The number of rotatable bonds is 5. The minimum Gasteiger partial charge on any atom is -0.469 e. The van der Waals surface area contributed by atoms with Crippen LogP contribution in [0.15, 0.2) is 24.3 Å². The normalized spacial score (nSPS) is 8.24. The van der Waals surface area contributed by atoms with Crippen LogP contribution < -0.4 is 9.47 Å². The van der Waals surface area contributed by atoms with Crippen molar-refractivity contribution in [2.45, 2.75) is 53.9 Å². The summed E-state index contributed by atoms with van der Waals surface area (Å²) in [5, 5.41) is 0. The van der Waals surface area contributed by atoms with Gasteiger partial charge in [-0.15, -0.1) is 0 Å². The predicted octanol–water partition coefficient (Wildman–Crippen LogP) is 3.91. The molecule has 0 saturated heterocycles. The maximum Gasteiger partial charge on any atom is 0.310 e. The zero-order valence-corrected chi connectivity index (χ0v) is 18.8. The van der Waals surface area contributed by atoms with E-state index in [0.717, 1.165) is 0 Å². The number of hydrogen-bond acceptors (Lipinski definition) is 6. The molecule has 25 heavy (non-hydrogen) atoms. The Labute approximate surface area is 175 Å². The van der Waals surface area contributed by atoms with E-state index >= 15 is 0 Å². The van der Waals surface area contributed by atoms with Gasteiger partial charge in [-0.25, -0.2) is 0 Å². The van der Waals surface area contributed by atoms with Crippen LogP contribution in [0.25, 0.3) is 0 Å². The van der Waals surface area contributed by atoms with Gasteiger partial charge in [0.05, 0.1) is 7.11 Å². The standard InChI is InChI=1S/C12H14O4.C4H8O2.C2H6.Y/c1-3-11(13)15-9-6-5-7-10(8-9)16-12(14)4-2;1-3-4(5)6-2;1-2;/h5-8H,3-4H2,1-2H3;3H2,1-2H3;1-2H3;. The van der Waals surface area contributed by atoms with E-state index in [1.54, 1.807) is 39.0 Å². The summed E-state index contributed by atoms with van der Waals surface area (Å²) in [6.07, 6.45) is 1.08. The third-order valence-electron chi connectivity index (χ3n) is 2.36. The molecule has 1 aromatic rings. The van der Waals surface area contributed by atoms with E-state index in [4.69, 9.17) is 9.47 Å². The summed E-state index contributed by atoms with van der Waals surface area (Å²) < 4.78 is 14.2. The van der Waals surface area contributed by atoms with E-state index in [2.05, 4.69) is 4.74 Å². The van der Waals surface area contributed by atoms with E-state index in [-0.39, 0.29) is 50.6 Å². The van der Waals surface area contributed by atoms with Gasteiger partial charge in [0.2, 0.25) is 0 Å². The van der Waals surface area contributed by atoms with Crippen LogP contribution in [0, 0.1) is 0 Å². The maximum atomic E-state index is 11.0. The van der Waals surface area contributed by atoms with Crippen molar-refractivity contribution in [3.05, 3.63) is 24.3 Å². The molecule has 0 bridgehead atoms. The van der Waals surface area contributed by atoms with Crippen molar-refractivity contribution >= 4 is 17.9 Å². The second-order valence-corrected chi connectivity index (χ2v) is 4.06. The monoisotopic (exact) mass is 429 g/mol. The summed E-state index contributed by atoms with van der Waals surface area (Å²) in [7, 11) is 1.38. The Kier molecular flexibility index (Phi) is 21.8. The van der Waals surface area contributed by atoms with E-state index < -0.39 is 0 Å². The molecule has 0 aliphatic carbocycles. The first-order valence-corrected chi connectivity index (χ1v) is 8.04. The van der Waals surface area contributed by atoms with Crippen LogP contribution in [-0.4, -0.2) is 25.0 Å². The molecule has 0 amide bonds. The third kappa shape index (κ3) is 16.0. The van der Waals surface area contributed by atoms with E-state index in [1.165, 1.54) is 13.2 Å². The molecule has 1 rings (SSSR count). The molecule has 0 N–H and O–H groups in total. The quantitative estimate of drug-likeness (QED) is 0.522. The topological polar surface area (TPSA) is 78.9 Å². The molecule has 0 heterocycles. The molecule has 7 heteroatoms. The van der Waals surface area contributed by atoms with E-state index in [0.29, 0.717) is 30.8 Å². The van der Waals surface area contributed by atoms with Crippen LogP contribution in [0.2, 0.25) is 0 Å². The predicted molar refractivity (Wildman–Crippen MR) is 91.9 cm³/mol. The number of benzene rings is 1. The zero-order valence-electron chi connectivity index (χ0n) is 16.0. The molecule has 0 saturated carbocycles. The first-order chi connectivity index (χ1) is 11.5. The first-order valence-electron chi connectivity index (χ1n) is 8.04. The molecule has 139 valence electrons. The second-order valence-electron chi connectivity index (χ2n) is 4.06. The van der Waals surface area contributed by atoms with Crippen molar-refractivity contribution in [2.75, 3.05) is 7.11 Å². The van der Waals surface area contributed by atoms with Gasteiger partial charge in [-0.1, -0.05) is 40.7 Å². The molecule has 0 unspecified atom stereocenters. The number of carbonyl (C=O) groups is 3. The van der Waals surface area contributed by atoms with Gasteiger partial charge in [0.1, 0.15) is 11.5 Å². The van der Waals surface area contributed by atoms with Crippen molar-refractivity contribution in [1.82, 2.24) is 0 Å². The van der Waals surface area contributed by atoms with Gasteiger partial charge in [-0.3, -0.25) is 14.4 Å². The summed E-state index contributed by atoms with van der Waals surface area (Å²) in [4.78, 5) is 32.0. The maximum absolute atomic E-state index is 11.0. The Morgan fingerprint density at radius 1 is 0.800 bits per heavy atom. The number of esters is 3. The molecule has 1 radical (unpaired) electrons. The van der Waals surface area contributed by atoms with Crippen LogP contribution in [0.5, 0.6) is 11.5 Å². The molecule has 1 aromatic carbocycles. The van der Waals surface area contributed by atoms with Crippen LogP contribution in [0.1, 0.15) is 53.9 Å². The molecular weight excluding hydrogens is 401 g/mol. The number of hydrogen-bond donors (Lipinski definition) is 0. The number of ether oxygens (including phenoxy) is 3. The molecule has 0 fully saturated rings. The van der Waals surface area contributed by atoms with Gasteiger partial charge in [0.15, 0.2) is 0 Å². The largest absolute Gasteiger partial charge is 0.469 e. The Bertz CT molecular complexity index is 463. The van der Waals surface area contributed by atoms with Gasteiger partial charge in [0, 0.05) is 58.0 Å². The summed E-state index contributed by atoms with van der Waals surface area (Å²) >= 11 is 0. The minimum absolute atomic E-state index is 0. The minimum atomic E-state index is -0.320. The van der Waals surface area contributed by atoms with Crippen molar-refractivity contribution in [1.29, 1.82) is 0 Å². The average molecular weight is 429 g/mol. The van der Waals surface area contributed by atoms with Crippen molar-refractivity contribution < 1.29 is 61.3 Å². The average Bonchev–Trinajstić information content (AvgIpc) is 2.63. The smallest absolute Gasteiger partial charge is 0.310 e. The number of methoxy groups -OCH3 is 1. The molecule has 0 atom stereocenters. The van der Waals surface area contributed by atoms with Crippen LogP contribution in [-0.2, 0) is 51.8 Å². The summed E-state index contributed by atoms with van der Waals surface area (Å²) in [6.45, 7) is 9.18. The van der Waals surface area contributed by atoms with Gasteiger partial charge in [-0.2, -0.15) is 0 Å². The molecule has 0 aliphatic heterocycles. The summed E-state index contributed by atoms with van der Waals surface area (Å²) in [5.74, 6) is -0.0329. The van der Waals surface area contributed by atoms with Gasteiger partial charge in [-0.05, 0) is 12.1 Å². The van der Waals surface area contributed by atoms with Crippen molar-refractivity contribution in [3.63, 3.8) is 0 Å².